The Morgan fingerprint density at radius 3 is 2.75 bits per heavy atom. The number of carbonyl (C=O) groups excluding carboxylic acids is 1. The van der Waals surface area contributed by atoms with Gasteiger partial charge in [-0.2, -0.15) is 5.26 Å². The first-order valence-electron chi connectivity index (χ1n) is 6.60. The standard InChI is InChI=1S/C16H13FN2O/c17-15-8-7-14(12-5-1-2-6-13(12)15)16(20)19-9-3-4-11(19)10-18/h1-2,5-8,11H,3-4,9H2. The molecule has 3 nitrogen and oxygen atoms in total. The highest BCUT2D eigenvalue weighted by atomic mass is 19.1. The third-order valence-corrected chi connectivity index (χ3v) is 3.76. The minimum atomic E-state index is -0.369. The summed E-state index contributed by atoms with van der Waals surface area (Å²) in [6, 6.07) is 11.5. The van der Waals surface area contributed by atoms with E-state index in [-0.39, 0.29) is 17.8 Å². The average Bonchev–Trinajstić information content (AvgIpc) is 2.96. The molecule has 0 saturated carbocycles. The summed E-state index contributed by atoms with van der Waals surface area (Å²) in [7, 11) is 0. The zero-order chi connectivity index (χ0) is 14.1. The van der Waals surface area contributed by atoms with Gasteiger partial charge in [0.05, 0.1) is 6.07 Å². The van der Waals surface area contributed by atoms with Gasteiger partial charge in [0.1, 0.15) is 11.9 Å². The molecule has 0 N–H and O–H groups in total. The van der Waals surface area contributed by atoms with Gasteiger partial charge in [-0.15, -0.1) is 0 Å². The maximum absolute atomic E-state index is 13.8. The van der Waals surface area contributed by atoms with Gasteiger partial charge in [-0.3, -0.25) is 4.79 Å². The van der Waals surface area contributed by atoms with Crippen molar-refractivity contribution in [3.8, 4) is 6.07 Å². The number of benzene rings is 2. The van der Waals surface area contributed by atoms with E-state index in [1.165, 1.54) is 12.1 Å². The second-order valence-corrected chi connectivity index (χ2v) is 4.93. The molecule has 1 saturated heterocycles. The quantitative estimate of drug-likeness (QED) is 0.797. The first-order chi connectivity index (χ1) is 9.72. The highest BCUT2D eigenvalue weighted by Gasteiger charge is 2.30. The predicted molar refractivity (Wildman–Crippen MR) is 73.6 cm³/mol. The third-order valence-electron chi connectivity index (χ3n) is 3.76. The molecule has 4 heteroatoms. The van der Waals surface area contributed by atoms with Crippen LogP contribution in [0.4, 0.5) is 4.39 Å². The number of likely N-dealkylation sites (tertiary alicyclic amines) is 1. The number of fused-ring (bicyclic) bond motifs is 1. The first kappa shape index (κ1) is 12.6. The summed E-state index contributed by atoms with van der Waals surface area (Å²) in [6.45, 7) is 0.586. The maximum Gasteiger partial charge on any atom is 0.255 e. The van der Waals surface area contributed by atoms with E-state index in [2.05, 4.69) is 6.07 Å². The number of rotatable bonds is 1. The summed E-state index contributed by atoms with van der Waals surface area (Å²) in [5, 5.41) is 10.1. The molecule has 3 rings (SSSR count). The van der Waals surface area contributed by atoms with Crippen molar-refractivity contribution in [2.75, 3.05) is 6.54 Å². The van der Waals surface area contributed by atoms with Crippen LogP contribution in [-0.4, -0.2) is 23.4 Å². The molecule has 1 unspecified atom stereocenters. The zero-order valence-corrected chi connectivity index (χ0v) is 10.8. The highest BCUT2D eigenvalue weighted by molar-refractivity contribution is 6.07. The van der Waals surface area contributed by atoms with E-state index in [1.54, 1.807) is 29.2 Å². The number of halogens is 1. The van der Waals surface area contributed by atoms with Gasteiger partial charge in [-0.25, -0.2) is 4.39 Å². The molecule has 100 valence electrons. The van der Waals surface area contributed by atoms with Crippen molar-refractivity contribution in [2.24, 2.45) is 0 Å². The van der Waals surface area contributed by atoms with Crippen LogP contribution >= 0.6 is 0 Å². The van der Waals surface area contributed by atoms with Crippen LogP contribution in [0.1, 0.15) is 23.2 Å². The summed E-state index contributed by atoms with van der Waals surface area (Å²) in [5.74, 6) is -0.527. The molecule has 1 atom stereocenters. The molecule has 1 amide bonds. The summed E-state index contributed by atoms with van der Waals surface area (Å²) >= 11 is 0. The second-order valence-electron chi connectivity index (χ2n) is 4.93. The number of hydrogen-bond donors (Lipinski definition) is 0. The van der Waals surface area contributed by atoms with Gasteiger partial charge < -0.3 is 4.90 Å². The van der Waals surface area contributed by atoms with Crippen LogP contribution in [0, 0.1) is 17.1 Å². The van der Waals surface area contributed by atoms with E-state index >= 15 is 0 Å². The Labute approximate surface area is 116 Å². The second kappa shape index (κ2) is 4.93. The van der Waals surface area contributed by atoms with Crippen LogP contribution in [0.2, 0.25) is 0 Å². The molecule has 1 aliphatic rings. The largest absolute Gasteiger partial charge is 0.323 e. The molecule has 1 fully saturated rings. The summed E-state index contributed by atoms with van der Waals surface area (Å²) in [6.07, 6.45) is 1.55. The Morgan fingerprint density at radius 1 is 1.25 bits per heavy atom. The fourth-order valence-corrected chi connectivity index (χ4v) is 2.75. The van der Waals surface area contributed by atoms with Crippen LogP contribution in [0.3, 0.4) is 0 Å². The molecule has 1 heterocycles. The monoisotopic (exact) mass is 268 g/mol. The number of amides is 1. The third kappa shape index (κ3) is 1.92. The molecule has 0 radical (unpaired) electrons. The van der Waals surface area contributed by atoms with E-state index in [0.717, 1.165) is 6.42 Å². The lowest BCUT2D eigenvalue weighted by Gasteiger charge is -2.20. The van der Waals surface area contributed by atoms with Crippen LogP contribution in [0.5, 0.6) is 0 Å². The van der Waals surface area contributed by atoms with Gasteiger partial charge in [0.15, 0.2) is 0 Å². The van der Waals surface area contributed by atoms with E-state index in [0.29, 0.717) is 29.3 Å². The van der Waals surface area contributed by atoms with Gasteiger partial charge in [0.25, 0.3) is 5.91 Å². The van der Waals surface area contributed by atoms with Crippen LogP contribution in [0.25, 0.3) is 10.8 Å². The molecule has 1 aliphatic heterocycles. The van der Waals surface area contributed by atoms with E-state index in [4.69, 9.17) is 5.26 Å². The molecule has 2 aromatic rings. The van der Waals surface area contributed by atoms with Crippen molar-refractivity contribution in [1.29, 1.82) is 5.26 Å². The van der Waals surface area contributed by atoms with E-state index in [1.807, 2.05) is 0 Å². The predicted octanol–water partition coefficient (Wildman–Crippen LogP) is 3.11. The number of hydrogen-bond acceptors (Lipinski definition) is 2. The Kier molecular flexibility index (Phi) is 3.11. The van der Waals surface area contributed by atoms with Gasteiger partial charge >= 0.3 is 0 Å². The van der Waals surface area contributed by atoms with Crippen LogP contribution in [0.15, 0.2) is 36.4 Å². The van der Waals surface area contributed by atoms with Crippen molar-refractivity contribution in [3.63, 3.8) is 0 Å². The van der Waals surface area contributed by atoms with Crippen molar-refractivity contribution in [1.82, 2.24) is 4.90 Å². The van der Waals surface area contributed by atoms with Crippen LogP contribution < -0.4 is 0 Å². The first-order valence-corrected chi connectivity index (χ1v) is 6.60. The lowest BCUT2D eigenvalue weighted by Crippen LogP contribution is -2.34. The average molecular weight is 268 g/mol. The van der Waals surface area contributed by atoms with E-state index < -0.39 is 0 Å². The van der Waals surface area contributed by atoms with E-state index in [9.17, 15) is 9.18 Å². The molecule has 0 spiro atoms. The fraction of sp³-hybridized carbons (Fsp3) is 0.250. The van der Waals surface area contributed by atoms with Crippen molar-refractivity contribution >= 4 is 16.7 Å². The summed E-state index contributed by atoms with van der Waals surface area (Å²) in [5.41, 5.74) is 0.462. The molecule has 0 aromatic heterocycles. The Hall–Kier alpha value is -2.41. The lowest BCUT2D eigenvalue weighted by atomic mass is 10.0. The maximum atomic E-state index is 13.8. The number of nitriles is 1. The Bertz CT molecular complexity index is 720. The molecule has 20 heavy (non-hydrogen) atoms. The molecule has 2 aromatic carbocycles. The highest BCUT2D eigenvalue weighted by Crippen LogP contribution is 2.26. The Balaban J connectivity index is 2.09. The number of nitrogens with zero attached hydrogens (tertiary/aromatic N) is 2. The smallest absolute Gasteiger partial charge is 0.255 e. The molecule has 0 aliphatic carbocycles. The fourth-order valence-electron chi connectivity index (χ4n) is 2.75. The SMILES string of the molecule is N#CC1CCCN1C(=O)c1ccc(F)c2ccccc12. The van der Waals surface area contributed by atoms with Gasteiger partial charge in [0, 0.05) is 17.5 Å². The van der Waals surface area contributed by atoms with Crippen molar-refractivity contribution in [2.45, 2.75) is 18.9 Å². The minimum absolute atomic E-state index is 0.190. The van der Waals surface area contributed by atoms with Crippen molar-refractivity contribution in [3.05, 3.63) is 47.8 Å². The molecular formula is C16H13FN2O. The molecule has 0 bridgehead atoms. The molecular weight excluding hydrogens is 255 g/mol. The van der Waals surface area contributed by atoms with Crippen LogP contribution in [-0.2, 0) is 0 Å². The Morgan fingerprint density at radius 2 is 2.00 bits per heavy atom. The van der Waals surface area contributed by atoms with Gasteiger partial charge in [-0.05, 0) is 30.4 Å². The number of carbonyl (C=O) groups is 1. The summed E-state index contributed by atoms with van der Waals surface area (Å²) < 4.78 is 13.8. The van der Waals surface area contributed by atoms with Gasteiger partial charge in [0.2, 0.25) is 0 Å². The topological polar surface area (TPSA) is 44.1 Å². The van der Waals surface area contributed by atoms with Gasteiger partial charge in [-0.1, -0.05) is 24.3 Å². The minimum Gasteiger partial charge on any atom is -0.323 e. The summed E-state index contributed by atoms with van der Waals surface area (Å²) in [4.78, 5) is 14.2. The lowest BCUT2D eigenvalue weighted by molar-refractivity contribution is 0.0767. The van der Waals surface area contributed by atoms with Crippen molar-refractivity contribution < 1.29 is 9.18 Å². The zero-order valence-electron chi connectivity index (χ0n) is 10.8. The normalized spacial score (nSPS) is 18.2.